The van der Waals surface area contributed by atoms with E-state index in [0.29, 0.717) is 16.9 Å². The van der Waals surface area contributed by atoms with Gasteiger partial charge in [0.15, 0.2) is 5.13 Å². The van der Waals surface area contributed by atoms with E-state index in [2.05, 4.69) is 17.2 Å². The van der Waals surface area contributed by atoms with Crippen molar-refractivity contribution in [2.75, 3.05) is 30.5 Å². The van der Waals surface area contributed by atoms with Crippen LogP contribution in [-0.4, -0.2) is 52.9 Å². The van der Waals surface area contributed by atoms with Crippen molar-refractivity contribution in [1.82, 2.24) is 9.88 Å². The minimum atomic E-state index is -0.135. The van der Waals surface area contributed by atoms with Crippen molar-refractivity contribution in [3.63, 3.8) is 0 Å². The van der Waals surface area contributed by atoms with Crippen LogP contribution in [0.25, 0.3) is 11.3 Å². The molecule has 1 unspecified atom stereocenters. The molecule has 3 rings (SSSR count). The number of aryl methyl sites for hydroxylation is 1. The number of nitrogens with zero attached hydrogens (tertiary/aromatic N) is 2. The number of hydrogen-bond donors (Lipinski definition) is 1. The maximum atomic E-state index is 12.4. The Bertz CT molecular complexity index is 851. The first-order valence-electron chi connectivity index (χ1n) is 9.77. The van der Waals surface area contributed by atoms with Gasteiger partial charge in [-0.15, -0.1) is 23.1 Å². The fourth-order valence-electron chi connectivity index (χ4n) is 3.40. The second-order valence-corrected chi connectivity index (χ2v) is 9.31. The van der Waals surface area contributed by atoms with Gasteiger partial charge in [-0.3, -0.25) is 9.59 Å². The Balaban J connectivity index is 1.50. The van der Waals surface area contributed by atoms with Crippen molar-refractivity contribution in [3.8, 4) is 17.0 Å². The molecule has 0 bridgehead atoms. The maximum Gasteiger partial charge on any atom is 0.236 e. The molecule has 1 saturated heterocycles. The number of amides is 2. The third-order valence-electron chi connectivity index (χ3n) is 4.99. The molecule has 0 saturated carbocycles. The number of thiazole rings is 1. The molecular weight excluding hydrogens is 406 g/mol. The molecule has 1 atom stereocenters. The summed E-state index contributed by atoms with van der Waals surface area (Å²) in [4.78, 5) is 32.2. The third-order valence-corrected chi connectivity index (χ3v) is 6.79. The zero-order valence-corrected chi connectivity index (χ0v) is 18.7. The van der Waals surface area contributed by atoms with Crippen LogP contribution in [-0.2, 0) is 9.59 Å². The summed E-state index contributed by atoms with van der Waals surface area (Å²) in [6.45, 7) is 4.92. The fourth-order valence-corrected chi connectivity index (χ4v) is 4.96. The molecule has 0 spiro atoms. The summed E-state index contributed by atoms with van der Waals surface area (Å²) in [5.41, 5.74) is 1.84. The Hall–Kier alpha value is -2.06. The molecule has 1 aliphatic rings. The average Bonchev–Trinajstić information content (AvgIpc) is 3.08. The molecule has 1 aliphatic heterocycles. The average molecular weight is 434 g/mol. The van der Waals surface area contributed by atoms with E-state index in [-0.39, 0.29) is 17.6 Å². The van der Waals surface area contributed by atoms with Gasteiger partial charge in [0.05, 0.1) is 24.3 Å². The molecule has 156 valence electrons. The van der Waals surface area contributed by atoms with Crippen LogP contribution in [0.3, 0.4) is 0 Å². The van der Waals surface area contributed by atoms with Crippen LogP contribution in [0.5, 0.6) is 5.75 Å². The highest BCUT2D eigenvalue weighted by Crippen LogP contribution is 2.31. The van der Waals surface area contributed by atoms with Gasteiger partial charge in [0.2, 0.25) is 11.8 Å². The van der Waals surface area contributed by atoms with Gasteiger partial charge in [-0.2, -0.15) is 0 Å². The molecule has 2 amide bonds. The normalized spacial score (nSPS) is 16.5. The summed E-state index contributed by atoms with van der Waals surface area (Å²) in [5.74, 6) is 1.36. The van der Waals surface area contributed by atoms with Crippen LogP contribution in [0.1, 0.15) is 31.1 Å². The van der Waals surface area contributed by atoms with Gasteiger partial charge in [-0.05, 0) is 57.4 Å². The zero-order chi connectivity index (χ0) is 20.8. The van der Waals surface area contributed by atoms with Crippen LogP contribution in [0, 0.1) is 6.92 Å². The molecule has 1 N–H and O–H groups in total. The molecule has 0 radical (unpaired) electrons. The minimum Gasteiger partial charge on any atom is -0.497 e. The lowest BCUT2D eigenvalue weighted by molar-refractivity contribution is -0.131. The van der Waals surface area contributed by atoms with Crippen molar-refractivity contribution in [1.29, 1.82) is 0 Å². The number of ether oxygens (including phenoxy) is 1. The lowest BCUT2D eigenvalue weighted by Crippen LogP contribution is -2.43. The number of hydrogen-bond acceptors (Lipinski definition) is 6. The number of carbonyl (C=O) groups is 2. The molecule has 2 heterocycles. The largest absolute Gasteiger partial charge is 0.497 e. The topological polar surface area (TPSA) is 71.5 Å². The van der Waals surface area contributed by atoms with Crippen LogP contribution in [0.15, 0.2) is 24.3 Å². The smallest absolute Gasteiger partial charge is 0.236 e. The Labute approximate surface area is 180 Å². The Morgan fingerprint density at radius 1 is 1.28 bits per heavy atom. The predicted molar refractivity (Wildman–Crippen MR) is 120 cm³/mol. The molecule has 2 aromatic rings. The number of likely N-dealkylation sites (tertiary alicyclic amines) is 1. The molecule has 0 aliphatic carbocycles. The zero-order valence-electron chi connectivity index (χ0n) is 17.1. The van der Waals surface area contributed by atoms with Crippen LogP contribution in [0.4, 0.5) is 5.13 Å². The van der Waals surface area contributed by atoms with E-state index in [1.54, 1.807) is 7.11 Å². The molecule has 1 aromatic heterocycles. The third kappa shape index (κ3) is 5.73. The second-order valence-electron chi connectivity index (χ2n) is 7.13. The van der Waals surface area contributed by atoms with E-state index in [4.69, 9.17) is 4.74 Å². The van der Waals surface area contributed by atoms with Crippen molar-refractivity contribution < 1.29 is 14.3 Å². The summed E-state index contributed by atoms with van der Waals surface area (Å²) < 4.78 is 5.19. The maximum absolute atomic E-state index is 12.4. The molecule has 8 heteroatoms. The van der Waals surface area contributed by atoms with Gasteiger partial charge in [0.1, 0.15) is 5.75 Å². The summed E-state index contributed by atoms with van der Waals surface area (Å²) in [7, 11) is 1.63. The van der Waals surface area contributed by atoms with E-state index in [1.165, 1.54) is 29.5 Å². The molecular formula is C21H27N3O3S2. The van der Waals surface area contributed by atoms with E-state index in [1.807, 2.05) is 36.1 Å². The predicted octanol–water partition coefficient (Wildman–Crippen LogP) is 4.20. The van der Waals surface area contributed by atoms with Gasteiger partial charge in [0.25, 0.3) is 0 Å². The van der Waals surface area contributed by atoms with Crippen LogP contribution >= 0.6 is 23.1 Å². The summed E-state index contributed by atoms with van der Waals surface area (Å²) in [5, 5.41) is 3.43. The number of methoxy groups -OCH3 is 1. The number of rotatable bonds is 7. The van der Waals surface area contributed by atoms with Gasteiger partial charge in [-0.1, -0.05) is 0 Å². The lowest BCUT2D eigenvalue weighted by Gasteiger charge is -2.33. The fraction of sp³-hybridized carbons (Fsp3) is 0.476. The number of benzene rings is 1. The Kier molecular flexibility index (Phi) is 7.55. The van der Waals surface area contributed by atoms with Crippen LogP contribution < -0.4 is 10.1 Å². The summed E-state index contributed by atoms with van der Waals surface area (Å²) in [6.07, 6.45) is 3.32. The molecule has 1 aromatic carbocycles. The van der Waals surface area contributed by atoms with Crippen LogP contribution in [0.2, 0.25) is 0 Å². The lowest BCUT2D eigenvalue weighted by atomic mass is 10.0. The van der Waals surface area contributed by atoms with Gasteiger partial charge >= 0.3 is 0 Å². The van der Waals surface area contributed by atoms with Crippen molar-refractivity contribution in [2.24, 2.45) is 0 Å². The molecule has 29 heavy (non-hydrogen) atoms. The van der Waals surface area contributed by atoms with Gasteiger partial charge in [0, 0.05) is 23.0 Å². The number of aromatic nitrogens is 1. The summed E-state index contributed by atoms with van der Waals surface area (Å²) >= 11 is 2.81. The first-order chi connectivity index (χ1) is 14.0. The van der Waals surface area contributed by atoms with Gasteiger partial charge in [-0.25, -0.2) is 4.98 Å². The van der Waals surface area contributed by atoms with Crippen molar-refractivity contribution in [3.05, 3.63) is 29.1 Å². The number of thioether (sulfide) groups is 1. The highest BCUT2D eigenvalue weighted by Gasteiger charge is 2.23. The number of nitrogens with one attached hydrogen (secondary N) is 1. The Morgan fingerprint density at radius 3 is 2.72 bits per heavy atom. The van der Waals surface area contributed by atoms with E-state index in [9.17, 15) is 9.59 Å². The SMILES string of the molecule is COc1ccc(-c2nc(NC(=O)CSCC(=O)N3CCCCC3C)sc2C)cc1. The monoisotopic (exact) mass is 433 g/mol. The van der Waals surface area contributed by atoms with Crippen molar-refractivity contribution in [2.45, 2.75) is 39.2 Å². The quantitative estimate of drug-likeness (QED) is 0.709. The molecule has 1 fully saturated rings. The highest BCUT2D eigenvalue weighted by molar-refractivity contribution is 8.00. The first-order valence-corrected chi connectivity index (χ1v) is 11.7. The first kappa shape index (κ1) is 21.6. The van der Waals surface area contributed by atoms with Gasteiger partial charge < -0.3 is 15.0 Å². The number of carbonyl (C=O) groups excluding carboxylic acids is 2. The summed E-state index contributed by atoms with van der Waals surface area (Å²) in [6, 6.07) is 8.00. The van der Waals surface area contributed by atoms with E-state index >= 15 is 0 Å². The minimum absolute atomic E-state index is 0.127. The highest BCUT2D eigenvalue weighted by atomic mass is 32.2. The molecule has 6 nitrogen and oxygen atoms in total. The number of anilines is 1. The van der Waals surface area contributed by atoms with Crippen molar-refractivity contribution >= 4 is 40.0 Å². The standard InChI is InChI=1S/C21H27N3O3S2/c1-14-6-4-5-11-24(14)19(26)13-28-12-18(25)22-21-23-20(15(2)29-21)16-7-9-17(27-3)10-8-16/h7-10,14H,4-6,11-13H2,1-3H3,(H,22,23,25). The Morgan fingerprint density at radius 2 is 2.03 bits per heavy atom. The van der Waals surface area contributed by atoms with E-state index in [0.717, 1.165) is 41.3 Å². The number of piperidine rings is 1. The van der Waals surface area contributed by atoms with E-state index < -0.39 is 0 Å². The second kappa shape index (κ2) is 10.1.